The van der Waals surface area contributed by atoms with Gasteiger partial charge >= 0.3 is 11.7 Å². The summed E-state index contributed by atoms with van der Waals surface area (Å²) in [5.41, 5.74) is 0.0154. The molecule has 7 nitrogen and oxygen atoms in total. The average molecular weight is 288 g/mol. The lowest BCUT2D eigenvalue weighted by Gasteiger charge is -2.07. The molecule has 0 spiro atoms. The zero-order valence-corrected chi connectivity index (χ0v) is 11.1. The zero-order chi connectivity index (χ0) is 15.4. The normalized spacial score (nSPS) is 10.1. The van der Waals surface area contributed by atoms with Gasteiger partial charge in [0.25, 0.3) is 0 Å². The Morgan fingerprint density at radius 2 is 2.19 bits per heavy atom. The van der Waals surface area contributed by atoms with Gasteiger partial charge in [0.2, 0.25) is 5.88 Å². The van der Waals surface area contributed by atoms with Crippen LogP contribution >= 0.6 is 0 Å². The Bertz CT molecular complexity index is 700. The third kappa shape index (κ3) is 3.33. The fourth-order valence-electron chi connectivity index (χ4n) is 1.75. The predicted molar refractivity (Wildman–Crippen MR) is 73.7 cm³/mol. The summed E-state index contributed by atoms with van der Waals surface area (Å²) in [5.74, 6) is -0.922. The van der Waals surface area contributed by atoms with Crippen LogP contribution in [0.5, 0.6) is 11.6 Å². The molecule has 7 heteroatoms. The SMILES string of the molecule is CCc1cccc(Oc2cc(C(=O)O)c([N+](=O)[O-])cn2)c1. The monoisotopic (exact) mass is 288 g/mol. The number of carboxylic acid groups (broad SMARTS) is 1. The number of aryl methyl sites for hydroxylation is 1. The van der Waals surface area contributed by atoms with Crippen molar-refractivity contribution in [2.45, 2.75) is 13.3 Å². The minimum atomic E-state index is -1.41. The highest BCUT2D eigenvalue weighted by atomic mass is 16.6. The van der Waals surface area contributed by atoms with E-state index in [4.69, 9.17) is 9.84 Å². The number of hydrogen-bond donors (Lipinski definition) is 1. The van der Waals surface area contributed by atoms with Gasteiger partial charge in [0.1, 0.15) is 17.5 Å². The van der Waals surface area contributed by atoms with E-state index in [2.05, 4.69) is 4.98 Å². The van der Waals surface area contributed by atoms with E-state index < -0.39 is 22.1 Å². The number of nitro groups is 1. The zero-order valence-electron chi connectivity index (χ0n) is 11.1. The van der Waals surface area contributed by atoms with E-state index in [1.807, 2.05) is 13.0 Å². The molecule has 0 aliphatic heterocycles. The number of nitrogens with zero attached hydrogens (tertiary/aromatic N) is 2. The smallest absolute Gasteiger partial charge is 0.342 e. The number of benzene rings is 1. The van der Waals surface area contributed by atoms with Crippen LogP contribution in [0.3, 0.4) is 0 Å². The van der Waals surface area contributed by atoms with Crippen LogP contribution in [0.15, 0.2) is 36.5 Å². The first-order chi connectivity index (χ1) is 10.0. The van der Waals surface area contributed by atoms with Crippen LogP contribution in [-0.2, 0) is 6.42 Å². The van der Waals surface area contributed by atoms with Crippen molar-refractivity contribution in [1.29, 1.82) is 0 Å². The molecule has 0 fully saturated rings. The number of pyridine rings is 1. The number of carbonyl (C=O) groups is 1. The van der Waals surface area contributed by atoms with Gasteiger partial charge in [-0.15, -0.1) is 0 Å². The molecule has 0 bridgehead atoms. The van der Waals surface area contributed by atoms with Crippen molar-refractivity contribution < 1.29 is 19.6 Å². The number of aromatic nitrogens is 1. The van der Waals surface area contributed by atoms with Gasteiger partial charge in [-0.25, -0.2) is 9.78 Å². The average Bonchev–Trinajstić information content (AvgIpc) is 2.47. The number of ether oxygens (including phenoxy) is 1. The highest BCUT2D eigenvalue weighted by Crippen LogP contribution is 2.25. The fraction of sp³-hybridized carbons (Fsp3) is 0.143. The molecule has 0 atom stereocenters. The van der Waals surface area contributed by atoms with Crippen molar-refractivity contribution in [1.82, 2.24) is 4.98 Å². The van der Waals surface area contributed by atoms with Crippen molar-refractivity contribution in [2.75, 3.05) is 0 Å². The summed E-state index contributed by atoms with van der Waals surface area (Å²) in [4.78, 5) is 24.8. The van der Waals surface area contributed by atoms with Crippen molar-refractivity contribution >= 4 is 11.7 Å². The molecule has 1 N–H and O–H groups in total. The van der Waals surface area contributed by atoms with Crippen molar-refractivity contribution in [3.8, 4) is 11.6 Å². The van der Waals surface area contributed by atoms with Gasteiger partial charge in [0.15, 0.2) is 0 Å². The second kappa shape index (κ2) is 6.00. The van der Waals surface area contributed by atoms with Gasteiger partial charge < -0.3 is 9.84 Å². The summed E-state index contributed by atoms with van der Waals surface area (Å²) < 4.78 is 5.45. The molecular weight excluding hydrogens is 276 g/mol. The van der Waals surface area contributed by atoms with Gasteiger partial charge in [-0.3, -0.25) is 10.1 Å². The minimum Gasteiger partial charge on any atom is -0.477 e. The highest BCUT2D eigenvalue weighted by molar-refractivity contribution is 5.92. The summed E-state index contributed by atoms with van der Waals surface area (Å²) in [6.07, 6.45) is 1.70. The second-order valence-corrected chi connectivity index (χ2v) is 4.20. The Morgan fingerprint density at radius 3 is 2.81 bits per heavy atom. The quantitative estimate of drug-likeness (QED) is 0.670. The maximum Gasteiger partial charge on any atom is 0.342 e. The van der Waals surface area contributed by atoms with E-state index >= 15 is 0 Å². The molecule has 0 unspecified atom stereocenters. The number of carboxylic acids is 1. The topological polar surface area (TPSA) is 103 Å². The Kier molecular flexibility index (Phi) is 4.13. The van der Waals surface area contributed by atoms with Gasteiger partial charge in [-0.1, -0.05) is 19.1 Å². The third-order valence-electron chi connectivity index (χ3n) is 2.81. The van der Waals surface area contributed by atoms with E-state index in [0.29, 0.717) is 5.75 Å². The van der Waals surface area contributed by atoms with Crippen LogP contribution in [0.2, 0.25) is 0 Å². The molecule has 0 saturated carbocycles. The molecule has 2 aromatic rings. The molecular formula is C14H12N2O5. The van der Waals surface area contributed by atoms with Crippen molar-refractivity contribution in [3.63, 3.8) is 0 Å². The van der Waals surface area contributed by atoms with Gasteiger partial charge in [-0.05, 0) is 24.1 Å². The highest BCUT2D eigenvalue weighted by Gasteiger charge is 2.21. The molecule has 108 valence electrons. The van der Waals surface area contributed by atoms with E-state index in [1.54, 1.807) is 18.2 Å². The fourth-order valence-corrected chi connectivity index (χ4v) is 1.75. The molecule has 0 aliphatic rings. The first-order valence-corrected chi connectivity index (χ1v) is 6.15. The van der Waals surface area contributed by atoms with E-state index in [0.717, 1.165) is 24.2 Å². The molecule has 0 aliphatic carbocycles. The van der Waals surface area contributed by atoms with Crippen molar-refractivity contribution in [2.24, 2.45) is 0 Å². The Morgan fingerprint density at radius 1 is 1.43 bits per heavy atom. The predicted octanol–water partition coefficient (Wildman–Crippen LogP) is 3.04. The lowest BCUT2D eigenvalue weighted by Crippen LogP contribution is -2.04. The van der Waals surface area contributed by atoms with Crippen LogP contribution in [0.1, 0.15) is 22.8 Å². The summed E-state index contributed by atoms with van der Waals surface area (Å²) in [5, 5.41) is 19.7. The molecule has 0 saturated heterocycles. The standard InChI is InChI=1S/C14H12N2O5/c1-2-9-4-3-5-10(6-9)21-13-7-11(14(17)18)12(8-15-13)16(19)20/h3-8H,2H2,1H3,(H,17,18). The summed E-state index contributed by atoms with van der Waals surface area (Å²) in [7, 11) is 0. The van der Waals surface area contributed by atoms with Crippen LogP contribution in [-0.4, -0.2) is 21.0 Å². The Hall–Kier alpha value is -2.96. The largest absolute Gasteiger partial charge is 0.477 e. The Labute approximate surface area is 120 Å². The number of hydrogen-bond acceptors (Lipinski definition) is 5. The summed E-state index contributed by atoms with van der Waals surface area (Å²) in [6.45, 7) is 1.99. The second-order valence-electron chi connectivity index (χ2n) is 4.20. The van der Waals surface area contributed by atoms with E-state index in [1.165, 1.54) is 0 Å². The molecule has 0 radical (unpaired) electrons. The van der Waals surface area contributed by atoms with E-state index in [9.17, 15) is 14.9 Å². The molecule has 1 aromatic carbocycles. The lowest BCUT2D eigenvalue weighted by molar-refractivity contribution is -0.385. The van der Waals surface area contributed by atoms with Crippen LogP contribution in [0, 0.1) is 10.1 Å². The third-order valence-corrected chi connectivity index (χ3v) is 2.81. The maximum atomic E-state index is 11.0. The minimum absolute atomic E-state index is 0.00810. The van der Waals surface area contributed by atoms with Crippen LogP contribution in [0.25, 0.3) is 0 Å². The number of rotatable bonds is 5. The van der Waals surface area contributed by atoms with Crippen LogP contribution in [0.4, 0.5) is 5.69 Å². The van der Waals surface area contributed by atoms with Gasteiger partial charge in [0.05, 0.1) is 4.92 Å². The number of aromatic carboxylic acids is 1. The summed E-state index contributed by atoms with van der Waals surface area (Å²) >= 11 is 0. The molecule has 0 amide bonds. The first-order valence-electron chi connectivity index (χ1n) is 6.15. The summed E-state index contributed by atoms with van der Waals surface area (Å²) in [6, 6.07) is 8.27. The first kappa shape index (κ1) is 14.4. The molecule has 1 aromatic heterocycles. The van der Waals surface area contributed by atoms with Gasteiger partial charge in [-0.2, -0.15) is 0 Å². The molecule has 2 rings (SSSR count). The maximum absolute atomic E-state index is 11.0. The lowest BCUT2D eigenvalue weighted by atomic mass is 10.2. The van der Waals surface area contributed by atoms with Crippen molar-refractivity contribution in [3.05, 3.63) is 57.8 Å². The molecule has 1 heterocycles. The van der Waals surface area contributed by atoms with E-state index in [-0.39, 0.29) is 5.88 Å². The Balaban J connectivity index is 2.34. The molecule has 21 heavy (non-hydrogen) atoms. The van der Waals surface area contributed by atoms with Gasteiger partial charge in [0, 0.05) is 6.07 Å². The van der Waals surface area contributed by atoms with Crippen LogP contribution < -0.4 is 4.74 Å².